The molecule has 4 rings (SSSR count). The lowest BCUT2D eigenvalue weighted by molar-refractivity contribution is -0.0417. The van der Waals surface area contributed by atoms with E-state index in [1.54, 1.807) is 0 Å². The van der Waals surface area contributed by atoms with E-state index in [0.717, 1.165) is 10.9 Å². The summed E-state index contributed by atoms with van der Waals surface area (Å²) in [6, 6.07) is 7.48. The minimum absolute atomic E-state index is 0.211. The Bertz CT molecular complexity index is 901. The molecule has 0 bridgehead atoms. The van der Waals surface area contributed by atoms with Crippen LogP contribution in [-0.2, 0) is 4.74 Å². The van der Waals surface area contributed by atoms with Crippen molar-refractivity contribution in [3.05, 3.63) is 40.9 Å². The van der Waals surface area contributed by atoms with Crippen molar-refractivity contribution in [2.24, 2.45) is 0 Å². The van der Waals surface area contributed by atoms with Crippen molar-refractivity contribution in [1.29, 1.82) is 0 Å². The summed E-state index contributed by atoms with van der Waals surface area (Å²) in [6.07, 6.45) is -0.136. The van der Waals surface area contributed by atoms with Crippen molar-refractivity contribution >= 4 is 21.9 Å². The maximum atomic E-state index is 12.2. The second-order valence-electron chi connectivity index (χ2n) is 5.43. The van der Waals surface area contributed by atoms with E-state index in [9.17, 15) is 15.0 Å². The van der Waals surface area contributed by atoms with Crippen molar-refractivity contribution in [3.63, 3.8) is 0 Å². The van der Waals surface area contributed by atoms with E-state index in [1.165, 1.54) is 6.33 Å². The number of para-hydroxylation sites is 1. The second kappa shape index (κ2) is 4.91. The first-order valence-corrected chi connectivity index (χ1v) is 7.11. The Hall–Kier alpha value is -2.22. The molecule has 7 heteroatoms. The zero-order valence-corrected chi connectivity index (χ0v) is 11.6. The molecule has 1 aliphatic heterocycles. The van der Waals surface area contributed by atoms with Gasteiger partial charge in [-0.2, -0.15) is 0 Å². The normalized spacial score (nSPS) is 25.3. The Balaban J connectivity index is 2.00. The van der Waals surface area contributed by atoms with Gasteiger partial charge in [0.2, 0.25) is 0 Å². The van der Waals surface area contributed by atoms with Crippen LogP contribution in [0.2, 0.25) is 0 Å². The Morgan fingerprint density at radius 1 is 1.41 bits per heavy atom. The molecule has 114 valence electrons. The highest BCUT2D eigenvalue weighted by molar-refractivity contribution is 6.06. The van der Waals surface area contributed by atoms with Crippen LogP contribution >= 0.6 is 0 Å². The van der Waals surface area contributed by atoms with Crippen LogP contribution in [-0.4, -0.2) is 43.6 Å². The van der Waals surface area contributed by atoms with Gasteiger partial charge in [-0.05, 0) is 6.07 Å². The number of hydrogen-bond acceptors (Lipinski definition) is 5. The zero-order valence-electron chi connectivity index (χ0n) is 11.6. The van der Waals surface area contributed by atoms with Crippen molar-refractivity contribution in [2.75, 3.05) is 6.61 Å². The minimum atomic E-state index is -0.742. The van der Waals surface area contributed by atoms with Gasteiger partial charge in [-0.1, -0.05) is 18.2 Å². The van der Waals surface area contributed by atoms with Crippen LogP contribution in [0, 0.1) is 0 Å². The average molecular weight is 301 g/mol. The number of aromatic amines is 1. The summed E-state index contributed by atoms with van der Waals surface area (Å²) >= 11 is 0. The second-order valence-corrected chi connectivity index (χ2v) is 5.43. The molecule has 1 aromatic carbocycles. The zero-order chi connectivity index (χ0) is 15.3. The number of benzene rings is 1. The molecular weight excluding hydrogens is 286 g/mol. The molecule has 0 radical (unpaired) electrons. The molecule has 1 saturated heterocycles. The van der Waals surface area contributed by atoms with Crippen LogP contribution in [0.1, 0.15) is 12.6 Å². The first-order valence-electron chi connectivity index (χ1n) is 7.11. The Labute approximate surface area is 124 Å². The summed E-state index contributed by atoms with van der Waals surface area (Å²) in [5, 5.41) is 20.5. The third-order valence-corrected chi connectivity index (χ3v) is 4.17. The summed E-state index contributed by atoms with van der Waals surface area (Å²) in [5.74, 6) is 0. The number of fused-ring (bicyclic) bond motifs is 3. The Kier molecular flexibility index (Phi) is 3.00. The fourth-order valence-electron chi connectivity index (χ4n) is 3.15. The monoisotopic (exact) mass is 301 g/mol. The van der Waals surface area contributed by atoms with Gasteiger partial charge >= 0.3 is 0 Å². The summed E-state index contributed by atoms with van der Waals surface area (Å²) < 4.78 is 7.55. The number of ether oxygens (including phenoxy) is 1. The molecule has 3 N–H and O–H groups in total. The van der Waals surface area contributed by atoms with E-state index >= 15 is 0 Å². The number of nitrogens with one attached hydrogen (secondary N) is 1. The molecule has 3 aromatic rings. The Morgan fingerprint density at radius 2 is 2.23 bits per heavy atom. The molecule has 0 saturated carbocycles. The van der Waals surface area contributed by atoms with Gasteiger partial charge in [0.25, 0.3) is 5.56 Å². The summed E-state index contributed by atoms with van der Waals surface area (Å²) in [7, 11) is 0. The molecule has 22 heavy (non-hydrogen) atoms. The molecular formula is C15H15N3O4. The first-order chi connectivity index (χ1) is 10.7. The predicted molar refractivity (Wildman–Crippen MR) is 79.5 cm³/mol. The smallest absolute Gasteiger partial charge is 0.260 e. The first kappa shape index (κ1) is 13.4. The number of aromatic nitrogens is 3. The number of rotatable bonds is 2. The molecule has 1 fully saturated rings. The summed E-state index contributed by atoms with van der Waals surface area (Å²) in [5.41, 5.74) is 1.12. The highest BCUT2D eigenvalue weighted by Crippen LogP contribution is 2.35. The van der Waals surface area contributed by atoms with Gasteiger partial charge in [0.15, 0.2) is 0 Å². The van der Waals surface area contributed by atoms with E-state index < -0.39 is 18.4 Å². The van der Waals surface area contributed by atoms with E-state index in [1.807, 2.05) is 28.8 Å². The Morgan fingerprint density at radius 3 is 3.00 bits per heavy atom. The van der Waals surface area contributed by atoms with E-state index in [0.29, 0.717) is 17.5 Å². The van der Waals surface area contributed by atoms with Crippen LogP contribution < -0.4 is 5.56 Å². The lowest BCUT2D eigenvalue weighted by Gasteiger charge is -2.15. The van der Waals surface area contributed by atoms with Crippen molar-refractivity contribution in [3.8, 4) is 0 Å². The number of H-pyrrole nitrogens is 1. The lowest BCUT2D eigenvalue weighted by atomic mass is 10.2. The molecule has 0 amide bonds. The van der Waals surface area contributed by atoms with Crippen LogP contribution in [0.3, 0.4) is 0 Å². The van der Waals surface area contributed by atoms with E-state index in [2.05, 4.69) is 9.97 Å². The van der Waals surface area contributed by atoms with Crippen LogP contribution in [0.5, 0.6) is 0 Å². The van der Waals surface area contributed by atoms with E-state index in [4.69, 9.17) is 4.74 Å². The summed E-state index contributed by atoms with van der Waals surface area (Å²) in [6.45, 7) is -0.247. The topological polar surface area (TPSA) is 100 Å². The number of nitrogens with zero attached hydrogens (tertiary/aromatic N) is 2. The average Bonchev–Trinajstić information content (AvgIpc) is 3.05. The molecule has 0 unspecified atom stereocenters. The fourth-order valence-corrected chi connectivity index (χ4v) is 3.15. The third-order valence-electron chi connectivity index (χ3n) is 4.17. The van der Waals surface area contributed by atoms with Gasteiger partial charge in [-0.15, -0.1) is 0 Å². The highest BCUT2D eigenvalue weighted by atomic mass is 16.5. The van der Waals surface area contributed by atoms with Gasteiger partial charge in [0, 0.05) is 11.8 Å². The van der Waals surface area contributed by atoms with Crippen molar-refractivity contribution < 1.29 is 14.9 Å². The van der Waals surface area contributed by atoms with Gasteiger partial charge in [-0.25, -0.2) is 4.98 Å². The molecule has 7 nitrogen and oxygen atoms in total. The summed E-state index contributed by atoms with van der Waals surface area (Å²) in [4.78, 5) is 19.0. The standard InChI is InChI=1S/C15H15N3O4/c19-6-11-10(20)5-12(22-11)18-9-4-2-1-3-8(9)13-14(18)16-7-17-15(13)21/h1-4,7,10-12,19-20H,5-6H2,(H,16,17,21)/t10-,11+,12+/m0/s1. The molecule has 1 aliphatic rings. The van der Waals surface area contributed by atoms with E-state index in [-0.39, 0.29) is 12.2 Å². The minimum Gasteiger partial charge on any atom is -0.394 e. The quantitative estimate of drug-likeness (QED) is 0.640. The molecule has 0 aliphatic carbocycles. The highest BCUT2D eigenvalue weighted by Gasteiger charge is 2.36. The van der Waals surface area contributed by atoms with Crippen LogP contribution in [0.25, 0.3) is 21.9 Å². The van der Waals surface area contributed by atoms with Gasteiger partial charge in [-0.3, -0.25) is 9.36 Å². The maximum Gasteiger partial charge on any atom is 0.260 e. The largest absolute Gasteiger partial charge is 0.394 e. The van der Waals surface area contributed by atoms with Gasteiger partial charge in [0.1, 0.15) is 18.0 Å². The van der Waals surface area contributed by atoms with Crippen molar-refractivity contribution in [2.45, 2.75) is 24.9 Å². The molecule has 2 aromatic heterocycles. The number of aliphatic hydroxyl groups is 2. The van der Waals surface area contributed by atoms with Gasteiger partial charge in [0.05, 0.1) is 29.9 Å². The van der Waals surface area contributed by atoms with Gasteiger partial charge < -0.3 is 19.9 Å². The maximum absolute atomic E-state index is 12.2. The molecule has 0 spiro atoms. The third kappa shape index (κ3) is 1.80. The molecule has 3 heterocycles. The fraction of sp³-hybridized carbons (Fsp3) is 0.333. The number of aliphatic hydroxyl groups excluding tert-OH is 2. The lowest BCUT2D eigenvalue weighted by Crippen LogP contribution is -2.24. The van der Waals surface area contributed by atoms with Crippen LogP contribution in [0.4, 0.5) is 0 Å². The molecule has 3 atom stereocenters. The predicted octanol–water partition coefficient (Wildman–Crippen LogP) is 0.518. The number of hydrogen-bond donors (Lipinski definition) is 3. The van der Waals surface area contributed by atoms with Crippen LogP contribution in [0.15, 0.2) is 35.4 Å². The van der Waals surface area contributed by atoms with Crippen molar-refractivity contribution in [1.82, 2.24) is 14.5 Å². The SMILES string of the molecule is O=c1[nH]cnc2c1c1ccccc1n2[C@H]1C[C@H](O)[C@@H](CO)O1.